The quantitative estimate of drug-likeness (QED) is 0.410. The summed E-state index contributed by atoms with van der Waals surface area (Å²) in [6.07, 6.45) is 1.04. The van der Waals surface area contributed by atoms with Gasteiger partial charge in [-0.25, -0.2) is 0 Å². The Morgan fingerprint density at radius 1 is 1.31 bits per heavy atom. The van der Waals surface area contributed by atoms with E-state index in [1.165, 1.54) is 0 Å². The van der Waals surface area contributed by atoms with Crippen LogP contribution in [0.2, 0.25) is 0 Å². The first kappa shape index (κ1) is 15.5. The van der Waals surface area contributed by atoms with Crippen LogP contribution < -0.4 is 0 Å². The maximum Gasteiger partial charge on any atom is 0.316 e. The van der Waals surface area contributed by atoms with E-state index >= 15 is 0 Å². The second-order valence-electron chi connectivity index (χ2n) is 4.77. The van der Waals surface area contributed by atoms with Crippen LogP contribution in [-0.4, -0.2) is 28.9 Å². The van der Waals surface area contributed by atoms with Gasteiger partial charge >= 0.3 is 5.97 Å². The molecule has 0 heterocycles. The van der Waals surface area contributed by atoms with Gasteiger partial charge in [0.25, 0.3) is 0 Å². The first-order valence-electron chi connectivity index (χ1n) is 5.61. The molecule has 0 amide bonds. The summed E-state index contributed by atoms with van der Waals surface area (Å²) in [5.41, 5.74) is -0.526. The van der Waals surface area contributed by atoms with Crippen LogP contribution in [0.4, 0.5) is 0 Å². The first-order valence-corrected chi connectivity index (χ1v) is 6.76. The number of hydrogen-bond donors (Lipinski definition) is 0. The van der Waals surface area contributed by atoms with Crippen LogP contribution in [0.3, 0.4) is 0 Å². The fourth-order valence-electron chi connectivity index (χ4n) is 0.964. The van der Waals surface area contributed by atoms with Crippen LogP contribution in [0.5, 0.6) is 0 Å². The van der Waals surface area contributed by atoms with Gasteiger partial charge < -0.3 is 4.74 Å². The molecule has 0 rings (SSSR count). The van der Waals surface area contributed by atoms with Crippen molar-refractivity contribution in [3.05, 3.63) is 0 Å². The average molecular weight is 246 g/mol. The molecule has 0 aromatic carbocycles. The van der Waals surface area contributed by atoms with Crippen LogP contribution in [0.15, 0.2) is 0 Å². The molecule has 0 saturated heterocycles. The summed E-state index contributed by atoms with van der Waals surface area (Å²) in [4.78, 5) is 23.2. The Labute approximate surface area is 102 Å². The topological polar surface area (TPSA) is 43.4 Å². The summed E-state index contributed by atoms with van der Waals surface area (Å²) < 4.78 is 5.16. The van der Waals surface area contributed by atoms with Gasteiger partial charge in [0.2, 0.25) is 0 Å². The van der Waals surface area contributed by atoms with Crippen LogP contribution in [0.25, 0.3) is 0 Å². The van der Waals surface area contributed by atoms with Crippen molar-refractivity contribution in [1.82, 2.24) is 0 Å². The number of ketones is 1. The van der Waals surface area contributed by atoms with Gasteiger partial charge in [-0.3, -0.25) is 9.59 Å². The fourth-order valence-corrected chi connectivity index (χ4v) is 1.85. The monoisotopic (exact) mass is 246 g/mol. The molecule has 3 nitrogen and oxygen atoms in total. The molecule has 1 unspecified atom stereocenters. The van der Waals surface area contributed by atoms with Crippen molar-refractivity contribution in [1.29, 1.82) is 0 Å². The summed E-state index contributed by atoms with van der Waals surface area (Å²) in [6.45, 7) is 9.08. The predicted molar refractivity (Wildman–Crippen MR) is 67.6 cm³/mol. The molecule has 0 radical (unpaired) electrons. The highest BCUT2D eigenvalue weighted by atomic mass is 32.2. The van der Waals surface area contributed by atoms with Crippen LogP contribution in [-0.2, 0) is 14.3 Å². The summed E-state index contributed by atoms with van der Waals surface area (Å²) >= 11 is 1.57. The molecule has 1 atom stereocenters. The van der Waals surface area contributed by atoms with Gasteiger partial charge in [-0.2, -0.15) is 11.8 Å². The Kier molecular flexibility index (Phi) is 6.72. The van der Waals surface area contributed by atoms with Crippen molar-refractivity contribution >= 4 is 23.5 Å². The molecular weight excluding hydrogens is 224 g/mol. The highest BCUT2D eigenvalue weighted by molar-refractivity contribution is 7.99. The largest absolute Gasteiger partial charge is 0.459 e. The molecule has 0 bridgehead atoms. The minimum atomic E-state index is -0.649. The van der Waals surface area contributed by atoms with Crippen molar-refractivity contribution in [3.63, 3.8) is 0 Å². The van der Waals surface area contributed by atoms with E-state index in [0.29, 0.717) is 5.75 Å². The van der Waals surface area contributed by atoms with E-state index in [2.05, 4.69) is 6.92 Å². The van der Waals surface area contributed by atoms with Crippen molar-refractivity contribution in [3.8, 4) is 0 Å². The van der Waals surface area contributed by atoms with Crippen molar-refractivity contribution < 1.29 is 14.3 Å². The van der Waals surface area contributed by atoms with Crippen molar-refractivity contribution in [2.45, 2.75) is 46.6 Å². The van der Waals surface area contributed by atoms with Crippen molar-refractivity contribution in [2.75, 3.05) is 11.5 Å². The number of thioether (sulfide) groups is 1. The number of ether oxygens (including phenoxy) is 1. The SMILES string of the molecule is CCCSCC(=O)C(C)C(=O)OC(C)(C)C. The smallest absolute Gasteiger partial charge is 0.316 e. The Morgan fingerprint density at radius 2 is 1.88 bits per heavy atom. The lowest BCUT2D eigenvalue weighted by Gasteiger charge is -2.21. The molecule has 0 aromatic rings. The van der Waals surface area contributed by atoms with Gasteiger partial charge in [0, 0.05) is 0 Å². The van der Waals surface area contributed by atoms with E-state index in [4.69, 9.17) is 4.74 Å². The van der Waals surface area contributed by atoms with E-state index in [-0.39, 0.29) is 5.78 Å². The molecule has 0 aliphatic carbocycles. The molecule has 0 fully saturated rings. The second kappa shape index (κ2) is 6.94. The van der Waals surface area contributed by atoms with E-state index in [1.807, 2.05) is 0 Å². The second-order valence-corrected chi connectivity index (χ2v) is 5.88. The minimum Gasteiger partial charge on any atom is -0.459 e. The van der Waals surface area contributed by atoms with Gasteiger partial charge in [-0.15, -0.1) is 0 Å². The molecule has 4 heteroatoms. The highest BCUT2D eigenvalue weighted by Gasteiger charge is 2.26. The predicted octanol–water partition coefficient (Wildman–Crippen LogP) is 2.68. The third-order valence-corrected chi connectivity index (χ3v) is 3.02. The molecule has 16 heavy (non-hydrogen) atoms. The fraction of sp³-hybridized carbons (Fsp3) is 0.833. The van der Waals surface area contributed by atoms with Gasteiger partial charge in [0.15, 0.2) is 5.78 Å². The molecule has 0 saturated carbocycles. The van der Waals surface area contributed by atoms with Gasteiger partial charge in [-0.1, -0.05) is 6.92 Å². The number of hydrogen-bond acceptors (Lipinski definition) is 4. The highest BCUT2D eigenvalue weighted by Crippen LogP contribution is 2.13. The lowest BCUT2D eigenvalue weighted by Crippen LogP contribution is -2.32. The van der Waals surface area contributed by atoms with Crippen LogP contribution in [0, 0.1) is 5.92 Å². The zero-order valence-corrected chi connectivity index (χ0v) is 11.6. The van der Waals surface area contributed by atoms with Gasteiger partial charge in [0.05, 0.1) is 5.75 Å². The molecule has 0 spiro atoms. The summed E-state index contributed by atoms with van der Waals surface area (Å²) in [5.74, 6) is 0.229. The number of carbonyl (C=O) groups is 2. The number of carbonyl (C=O) groups excluding carboxylic acids is 2. The summed E-state index contributed by atoms with van der Waals surface area (Å²) in [7, 11) is 0. The molecular formula is C12H22O3S. The molecule has 0 aliphatic rings. The third kappa shape index (κ3) is 6.88. The van der Waals surface area contributed by atoms with Crippen LogP contribution in [0.1, 0.15) is 41.0 Å². The zero-order chi connectivity index (χ0) is 12.8. The molecule has 94 valence electrons. The van der Waals surface area contributed by atoms with E-state index < -0.39 is 17.5 Å². The van der Waals surface area contributed by atoms with Gasteiger partial charge in [-0.05, 0) is 39.9 Å². The Balaban J connectivity index is 4.07. The molecule has 0 N–H and O–H groups in total. The maximum absolute atomic E-state index is 11.6. The van der Waals surface area contributed by atoms with E-state index in [9.17, 15) is 9.59 Å². The molecule has 0 aliphatic heterocycles. The summed E-state index contributed by atoms with van der Waals surface area (Å²) in [5, 5.41) is 0. The summed E-state index contributed by atoms with van der Waals surface area (Å²) in [6, 6.07) is 0. The molecule has 0 aromatic heterocycles. The number of rotatable bonds is 6. The van der Waals surface area contributed by atoms with Crippen LogP contribution >= 0.6 is 11.8 Å². The lowest BCUT2D eigenvalue weighted by atomic mass is 10.1. The Morgan fingerprint density at radius 3 is 2.31 bits per heavy atom. The lowest BCUT2D eigenvalue weighted by molar-refractivity contribution is -0.160. The zero-order valence-electron chi connectivity index (χ0n) is 10.8. The number of Topliss-reactive ketones (excluding diaryl/α,β-unsaturated/α-hetero) is 1. The van der Waals surface area contributed by atoms with E-state index in [1.54, 1.807) is 39.5 Å². The minimum absolute atomic E-state index is 0.0484. The number of esters is 1. The average Bonchev–Trinajstić information content (AvgIpc) is 2.14. The normalized spacial score (nSPS) is 13.3. The standard InChI is InChI=1S/C12H22O3S/c1-6-7-16-8-10(13)9(2)11(14)15-12(3,4)5/h9H,6-8H2,1-5H3. The maximum atomic E-state index is 11.6. The third-order valence-electron chi connectivity index (χ3n) is 1.84. The van der Waals surface area contributed by atoms with Gasteiger partial charge in [0.1, 0.15) is 11.5 Å². The Hall–Kier alpha value is -0.510. The van der Waals surface area contributed by atoms with Crippen molar-refractivity contribution in [2.24, 2.45) is 5.92 Å². The van der Waals surface area contributed by atoms with E-state index in [0.717, 1.165) is 12.2 Å². The Bertz CT molecular complexity index is 243. The first-order chi connectivity index (χ1) is 7.28.